The molecule has 1 aliphatic heterocycles. The van der Waals surface area contributed by atoms with Crippen molar-refractivity contribution >= 4 is 44.9 Å². The van der Waals surface area contributed by atoms with E-state index in [4.69, 9.17) is 16.3 Å². The average Bonchev–Trinajstić information content (AvgIpc) is 2.80. The molecule has 1 fully saturated rings. The van der Waals surface area contributed by atoms with Gasteiger partial charge in [-0.3, -0.25) is 14.9 Å². The number of hydrogen-bond acceptors (Lipinski definition) is 7. The molecule has 176 valence electrons. The number of anilines is 1. The van der Waals surface area contributed by atoms with Gasteiger partial charge in [0.1, 0.15) is 4.90 Å². The molecule has 0 radical (unpaired) electrons. The fourth-order valence-corrected chi connectivity index (χ4v) is 5.50. The number of nitrogens with one attached hydrogen (secondary N) is 1. The Balaban J connectivity index is 1.70. The van der Waals surface area contributed by atoms with Crippen LogP contribution in [0.25, 0.3) is 0 Å². The summed E-state index contributed by atoms with van der Waals surface area (Å²) in [5, 5.41) is 13.7. The second-order valence-electron chi connectivity index (χ2n) is 7.56. The summed E-state index contributed by atoms with van der Waals surface area (Å²) in [6.45, 7) is 1.90. The Morgan fingerprint density at radius 3 is 2.45 bits per heavy atom. The number of rotatable bonds is 6. The molecule has 12 heteroatoms. The van der Waals surface area contributed by atoms with Crippen LogP contribution in [0.15, 0.2) is 41.3 Å². The maximum Gasteiger partial charge on any atom is 0.337 e. The largest absolute Gasteiger partial charge is 0.465 e. The van der Waals surface area contributed by atoms with Crippen molar-refractivity contribution in [2.45, 2.75) is 24.7 Å². The van der Waals surface area contributed by atoms with Crippen LogP contribution in [0.4, 0.5) is 11.4 Å². The number of ether oxygens (including phenoxy) is 1. The van der Waals surface area contributed by atoms with Crippen LogP contribution in [0.1, 0.15) is 28.8 Å². The number of nitrogens with zero attached hydrogens (tertiary/aromatic N) is 2. The zero-order valence-electron chi connectivity index (χ0n) is 17.9. The van der Waals surface area contributed by atoms with Crippen LogP contribution in [0.5, 0.6) is 0 Å². The monoisotopic (exact) mass is 495 g/mol. The van der Waals surface area contributed by atoms with Crippen LogP contribution in [-0.2, 0) is 19.6 Å². The third-order valence-electron chi connectivity index (χ3n) is 5.48. The molecule has 1 amide bonds. The second-order valence-corrected chi connectivity index (χ2v) is 9.87. The van der Waals surface area contributed by atoms with Gasteiger partial charge in [0.25, 0.3) is 5.69 Å². The van der Waals surface area contributed by atoms with Gasteiger partial charge < -0.3 is 10.1 Å². The molecular weight excluding hydrogens is 474 g/mol. The summed E-state index contributed by atoms with van der Waals surface area (Å²) < 4.78 is 31.9. The molecule has 10 nitrogen and oxygen atoms in total. The Bertz CT molecular complexity index is 1210. The lowest BCUT2D eigenvalue weighted by Gasteiger charge is -2.30. The van der Waals surface area contributed by atoms with Crippen LogP contribution in [0, 0.1) is 23.0 Å². The van der Waals surface area contributed by atoms with Crippen molar-refractivity contribution < 1.29 is 27.7 Å². The first-order valence-corrected chi connectivity index (χ1v) is 11.8. The first-order chi connectivity index (χ1) is 15.5. The van der Waals surface area contributed by atoms with Gasteiger partial charge in [-0.2, -0.15) is 4.31 Å². The maximum absolute atomic E-state index is 13.0. The fraction of sp³-hybridized carbons (Fsp3) is 0.333. The lowest BCUT2D eigenvalue weighted by Crippen LogP contribution is -2.41. The van der Waals surface area contributed by atoms with E-state index in [2.05, 4.69) is 5.32 Å². The van der Waals surface area contributed by atoms with E-state index in [9.17, 15) is 28.1 Å². The van der Waals surface area contributed by atoms with Crippen molar-refractivity contribution in [3.8, 4) is 0 Å². The zero-order chi connectivity index (χ0) is 24.3. The van der Waals surface area contributed by atoms with Crippen LogP contribution in [0.3, 0.4) is 0 Å². The average molecular weight is 496 g/mol. The number of benzene rings is 2. The number of methoxy groups -OCH3 is 1. The van der Waals surface area contributed by atoms with Gasteiger partial charge in [0, 0.05) is 36.8 Å². The van der Waals surface area contributed by atoms with Crippen molar-refractivity contribution in [3.05, 3.63) is 62.7 Å². The predicted molar refractivity (Wildman–Crippen MR) is 121 cm³/mol. The molecular formula is C21H22ClN3O7S. The minimum absolute atomic E-state index is 0.0562. The third kappa shape index (κ3) is 5.32. The van der Waals surface area contributed by atoms with E-state index in [0.29, 0.717) is 11.3 Å². The molecule has 1 saturated heterocycles. The summed E-state index contributed by atoms with van der Waals surface area (Å²) >= 11 is 6.01. The predicted octanol–water partition coefficient (Wildman–Crippen LogP) is 3.38. The van der Waals surface area contributed by atoms with E-state index >= 15 is 0 Å². The highest BCUT2D eigenvalue weighted by Gasteiger charge is 2.34. The van der Waals surface area contributed by atoms with E-state index in [1.54, 1.807) is 19.1 Å². The summed E-state index contributed by atoms with van der Waals surface area (Å²) in [4.78, 5) is 34.5. The number of halogens is 1. The number of aryl methyl sites for hydroxylation is 1. The standard InChI is InChI=1S/C21H22ClN3O7S/c1-13-3-4-15(21(27)32-2)11-18(13)23-20(26)14-7-9-24(10-8-14)33(30,31)19-12-16(25(28)29)5-6-17(19)22/h3-6,11-12,14H,7-10H2,1-2H3,(H,23,26). The molecule has 1 heterocycles. The van der Waals surface area contributed by atoms with Crippen LogP contribution in [-0.4, -0.2) is 49.7 Å². The smallest absolute Gasteiger partial charge is 0.337 e. The number of nitro benzene ring substituents is 1. The SMILES string of the molecule is COC(=O)c1ccc(C)c(NC(=O)C2CCN(S(=O)(=O)c3cc([N+](=O)[O-])ccc3Cl)CC2)c1. The first-order valence-electron chi connectivity index (χ1n) is 9.98. The number of piperidine rings is 1. The highest BCUT2D eigenvalue weighted by molar-refractivity contribution is 7.89. The summed E-state index contributed by atoms with van der Waals surface area (Å²) in [7, 11) is -2.80. The number of nitro groups is 1. The summed E-state index contributed by atoms with van der Waals surface area (Å²) in [6, 6.07) is 8.07. The van der Waals surface area contributed by atoms with Crippen molar-refractivity contribution in [2.75, 3.05) is 25.5 Å². The Morgan fingerprint density at radius 2 is 1.85 bits per heavy atom. The van der Waals surface area contributed by atoms with Gasteiger partial charge in [0.05, 0.1) is 22.6 Å². The lowest BCUT2D eigenvalue weighted by molar-refractivity contribution is -0.385. The van der Waals surface area contributed by atoms with Crippen molar-refractivity contribution in [2.24, 2.45) is 5.92 Å². The number of amides is 1. The van der Waals surface area contributed by atoms with Gasteiger partial charge in [0.2, 0.25) is 15.9 Å². The van der Waals surface area contributed by atoms with Gasteiger partial charge in [0.15, 0.2) is 0 Å². The molecule has 0 unspecified atom stereocenters. The van der Waals surface area contributed by atoms with Gasteiger partial charge in [-0.1, -0.05) is 17.7 Å². The van der Waals surface area contributed by atoms with Crippen LogP contribution in [0.2, 0.25) is 5.02 Å². The van der Waals surface area contributed by atoms with Crippen molar-refractivity contribution in [1.82, 2.24) is 4.31 Å². The molecule has 1 N–H and O–H groups in total. The minimum Gasteiger partial charge on any atom is -0.465 e. The van der Waals surface area contributed by atoms with Crippen LogP contribution >= 0.6 is 11.6 Å². The highest BCUT2D eigenvalue weighted by atomic mass is 35.5. The summed E-state index contributed by atoms with van der Waals surface area (Å²) in [5.74, 6) is -1.26. The Labute approximate surface area is 195 Å². The molecule has 0 bridgehead atoms. The van der Waals surface area contributed by atoms with E-state index in [1.807, 2.05) is 0 Å². The molecule has 0 aromatic heterocycles. The van der Waals surface area contributed by atoms with E-state index in [0.717, 1.165) is 17.7 Å². The second kappa shape index (κ2) is 9.86. The first kappa shape index (κ1) is 24.6. The molecule has 0 atom stereocenters. The van der Waals surface area contributed by atoms with E-state index < -0.39 is 26.8 Å². The summed E-state index contributed by atoms with van der Waals surface area (Å²) in [5.41, 5.74) is 1.16. The molecule has 0 aliphatic carbocycles. The highest BCUT2D eigenvalue weighted by Crippen LogP contribution is 2.31. The summed E-state index contributed by atoms with van der Waals surface area (Å²) in [6.07, 6.45) is 0.515. The molecule has 2 aromatic carbocycles. The molecule has 1 aliphatic rings. The number of hydrogen-bond donors (Lipinski definition) is 1. The number of carbonyl (C=O) groups is 2. The molecule has 0 spiro atoms. The van der Waals surface area contributed by atoms with Crippen molar-refractivity contribution in [3.63, 3.8) is 0 Å². The molecule has 0 saturated carbocycles. The number of non-ortho nitro benzene ring substituents is 1. The van der Waals surface area contributed by atoms with Gasteiger partial charge >= 0.3 is 5.97 Å². The lowest BCUT2D eigenvalue weighted by atomic mass is 9.97. The quantitative estimate of drug-likeness (QED) is 0.368. The van der Waals surface area contributed by atoms with Gasteiger partial charge in [-0.05, 0) is 43.5 Å². The maximum atomic E-state index is 13.0. The Hall–Kier alpha value is -3.02. The van der Waals surface area contributed by atoms with Gasteiger partial charge in [-0.15, -0.1) is 0 Å². The number of esters is 1. The molecule has 3 rings (SSSR count). The van der Waals surface area contributed by atoms with Crippen molar-refractivity contribution in [1.29, 1.82) is 0 Å². The number of carbonyl (C=O) groups excluding carboxylic acids is 2. The zero-order valence-corrected chi connectivity index (χ0v) is 19.5. The molecule has 33 heavy (non-hydrogen) atoms. The van der Waals surface area contributed by atoms with Crippen LogP contribution < -0.4 is 5.32 Å². The Morgan fingerprint density at radius 1 is 1.18 bits per heavy atom. The Kier molecular flexibility index (Phi) is 7.35. The minimum atomic E-state index is -4.07. The molecule has 2 aromatic rings. The topological polar surface area (TPSA) is 136 Å². The fourth-order valence-electron chi connectivity index (χ4n) is 3.54. The van der Waals surface area contributed by atoms with E-state index in [1.165, 1.54) is 23.5 Å². The van der Waals surface area contributed by atoms with E-state index in [-0.39, 0.29) is 47.4 Å². The van der Waals surface area contributed by atoms with Gasteiger partial charge in [-0.25, -0.2) is 13.2 Å². The normalized spacial score (nSPS) is 15.1. The third-order valence-corrected chi connectivity index (χ3v) is 7.86. The number of sulfonamides is 1.